The van der Waals surface area contributed by atoms with Gasteiger partial charge in [-0.3, -0.25) is 4.79 Å². The number of ether oxygens (including phenoxy) is 1. The van der Waals surface area contributed by atoms with Crippen LogP contribution in [-0.2, 0) is 26.6 Å². The molecule has 0 spiro atoms. The number of amides is 1. The van der Waals surface area contributed by atoms with Crippen molar-refractivity contribution in [1.29, 1.82) is 0 Å². The van der Waals surface area contributed by atoms with Crippen LogP contribution in [-0.4, -0.2) is 28.8 Å². The third-order valence-corrected chi connectivity index (χ3v) is 3.78. The van der Waals surface area contributed by atoms with Crippen LogP contribution in [0.15, 0.2) is 0 Å². The van der Waals surface area contributed by atoms with E-state index in [1.807, 2.05) is 20.8 Å². The molecule has 22 heavy (non-hydrogen) atoms. The van der Waals surface area contributed by atoms with Crippen LogP contribution >= 0.6 is 0 Å². The standard InChI is InChI=1S/C10H19NO2.C6H10O2.Fe/c1-10(2,3)13-9(12)11-8-6-4-5-7-8;7-6(8)5-3-1-2-4-5;/h8H,4-7H2,1-3H3,(H,11,12);5H,1-4H2,(H,7,8);. The molecule has 6 heteroatoms. The van der Waals surface area contributed by atoms with Crippen molar-refractivity contribution in [2.45, 2.75) is 83.8 Å². The second-order valence-corrected chi connectivity index (χ2v) is 6.95. The van der Waals surface area contributed by atoms with Crippen molar-refractivity contribution in [3.63, 3.8) is 0 Å². The largest absolute Gasteiger partial charge is 0.481 e. The number of carboxylic acid groups (broad SMARTS) is 1. The number of carboxylic acids is 1. The zero-order valence-corrected chi connectivity index (χ0v) is 14.9. The molecule has 0 aliphatic heterocycles. The van der Waals surface area contributed by atoms with Gasteiger partial charge < -0.3 is 15.2 Å². The molecular weight excluding hydrogens is 326 g/mol. The molecular formula is C16H29FeNO4. The van der Waals surface area contributed by atoms with E-state index < -0.39 is 5.97 Å². The van der Waals surface area contributed by atoms with Gasteiger partial charge in [0.05, 0.1) is 5.92 Å². The minimum absolute atomic E-state index is 0. The van der Waals surface area contributed by atoms with Crippen LogP contribution in [0.25, 0.3) is 0 Å². The van der Waals surface area contributed by atoms with Crippen LogP contribution in [0.2, 0.25) is 0 Å². The van der Waals surface area contributed by atoms with Crippen LogP contribution in [0.1, 0.15) is 72.1 Å². The van der Waals surface area contributed by atoms with E-state index in [9.17, 15) is 9.59 Å². The van der Waals surface area contributed by atoms with Crippen molar-refractivity contribution in [3.05, 3.63) is 0 Å². The van der Waals surface area contributed by atoms with Gasteiger partial charge in [0.15, 0.2) is 0 Å². The smallest absolute Gasteiger partial charge is 0.407 e. The Bertz CT molecular complexity index is 343. The summed E-state index contributed by atoms with van der Waals surface area (Å²) in [4.78, 5) is 21.5. The summed E-state index contributed by atoms with van der Waals surface area (Å²) < 4.78 is 5.15. The van der Waals surface area contributed by atoms with E-state index in [-0.39, 0.29) is 34.7 Å². The Balaban J connectivity index is 0.000000423. The fourth-order valence-electron chi connectivity index (χ4n) is 2.72. The molecule has 2 aliphatic carbocycles. The van der Waals surface area contributed by atoms with Gasteiger partial charge in [0.2, 0.25) is 0 Å². The molecule has 2 aliphatic rings. The quantitative estimate of drug-likeness (QED) is 0.741. The topological polar surface area (TPSA) is 75.6 Å². The molecule has 2 saturated carbocycles. The first-order chi connectivity index (χ1) is 9.78. The third-order valence-electron chi connectivity index (χ3n) is 3.78. The number of aliphatic carboxylic acids is 1. The molecule has 2 N–H and O–H groups in total. The number of rotatable bonds is 2. The average molecular weight is 355 g/mol. The van der Waals surface area contributed by atoms with Crippen LogP contribution in [0.4, 0.5) is 4.79 Å². The van der Waals surface area contributed by atoms with Crippen LogP contribution in [0.3, 0.4) is 0 Å². The molecule has 0 aromatic carbocycles. The van der Waals surface area contributed by atoms with Crippen molar-refractivity contribution < 1.29 is 36.5 Å². The maximum atomic E-state index is 11.3. The number of hydrogen-bond acceptors (Lipinski definition) is 3. The fourth-order valence-corrected chi connectivity index (χ4v) is 2.72. The Morgan fingerprint density at radius 1 is 1.00 bits per heavy atom. The fraction of sp³-hybridized carbons (Fsp3) is 0.875. The zero-order valence-electron chi connectivity index (χ0n) is 13.8. The molecule has 5 nitrogen and oxygen atoms in total. The van der Waals surface area contributed by atoms with Gasteiger partial charge >= 0.3 is 12.1 Å². The van der Waals surface area contributed by atoms with Crippen molar-refractivity contribution in [1.82, 2.24) is 5.32 Å². The van der Waals surface area contributed by atoms with Crippen LogP contribution in [0.5, 0.6) is 0 Å². The Morgan fingerprint density at radius 2 is 1.45 bits per heavy atom. The van der Waals surface area contributed by atoms with Crippen molar-refractivity contribution in [2.75, 3.05) is 0 Å². The van der Waals surface area contributed by atoms with E-state index >= 15 is 0 Å². The maximum absolute atomic E-state index is 11.3. The summed E-state index contributed by atoms with van der Waals surface area (Å²) in [6, 6.07) is 0.342. The molecule has 0 aromatic heterocycles. The van der Waals surface area contributed by atoms with Gasteiger partial charge in [-0.25, -0.2) is 4.79 Å². The van der Waals surface area contributed by atoms with E-state index in [2.05, 4.69) is 5.32 Å². The van der Waals surface area contributed by atoms with Gasteiger partial charge in [0, 0.05) is 23.1 Å². The van der Waals surface area contributed by atoms with Crippen LogP contribution in [0, 0.1) is 5.92 Å². The molecule has 0 atom stereocenters. The summed E-state index contributed by atoms with van der Waals surface area (Å²) in [5.74, 6) is -0.627. The Morgan fingerprint density at radius 3 is 1.82 bits per heavy atom. The molecule has 2 fully saturated rings. The molecule has 0 bridgehead atoms. The van der Waals surface area contributed by atoms with Gasteiger partial charge in [-0.15, -0.1) is 0 Å². The predicted octanol–water partition coefficient (Wildman–Crippen LogP) is 3.71. The van der Waals surface area contributed by atoms with E-state index in [1.165, 1.54) is 12.8 Å². The monoisotopic (exact) mass is 355 g/mol. The van der Waals surface area contributed by atoms with Gasteiger partial charge in [0.1, 0.15) is 5.60 Å². The molecule has 2 rings (SSSR count). The maximum Gasteiger partial charge on any atom is 0.407 e. The minimum atomic E-state index is -0.609. The summed E-state index contributed by atoms with van der Waals surface area (Å²) in [6.07, 6.45) is 8.37. The number of carbonyl (C=O) groups excluding carboxylic acids is 1. The number of alkyl carbamates (subject to hydrolysis) is 1. The molecule has 130 valence electrons. The van der Waals surface area contributed by atoms with Crippen molar-refractivity contribution >= 4 is 12.1 Å². The second kappa shape index (κ2) is 10.1. The second-order valence-electron chi connectivity index (χ2n) is 6.95. The molecule has 0 heterocycles. The summed E-state index contributed by atoms with van der Waals surface area (Å²) in [5.41, 5.74) is -0.386. The first-order valence-electron chi connectivity index (χ1n) is 8.00. The molecule has 0 unspecified atom stereocenters. The Kier molecular flexibility index (Phi) is 9.77. The van der Waals surface area contributed by atoms with Crippen molar-refractivity contribution in [2.24, 2.45) is 5.92 Å². The predicted molar refractivity (Wildman–Crippen MR) is 81.2 cm³/mol. The zero-order chi connectivity index (χ0) is 15.9. The number of nitrogens with one attached hydrogen (secondary N) is 1. The van der Waals surface area contributed by atoms with E-state index in [1.54, 1.807) is 0 Å². The SMILES string of the molecule is CC(C)(C)OC(=O)NC1CCCC1.O=C(O)C1CCCC1.[Fe]. The van der Waals surface area contributed by atoms with Crippen molar-refractivity contribution in [3.8, 4) is 0 Å². The average Bonchev–Trinajstić information content (AvgIpc) is 2.98. The van der Waals surface area contributed by atoms with Gasteiger partial charge in [0.25, 0.3) is 0 Å². The summed E-state index contributed by atoms with van der Waals surface area (Å²) >= 11 is 0. The molecule has 1 amide bonds. The summed E-state index contributed by atoms with van der Waals surface area (Å²) in [5, 5.41) is 11.3. The summed E-state index contributed by atoms with van der Waals surface area (Å²) in [7, 11) is 0. The normalized spacial score (nSPS) is 18.9. The minimum Gasteiger partial charge on any atom is -0.481 e. The van der Waals surface area contributed by atoms with E-state index in [0.29, 0.717) is 6.04 Å². The van der Waals surface area contributed by atoms with Gasteiger partial charge in [-0.05, 0) is 46.5 Å². The third kappa shape index (κ3) is 9.31. The molecule has 0 aromatic rings. The van der Waals surface area contributed by atoms with Crippen LogP contribution < -0.4 is 5.32 Å². The number of hydrogen-bond donors (Lipinski definition) is 2. The summed E-state index contributed by atoms with van der Waals surface area (Å²) in [6.45, 7) is 5.63. The Labute approximate surface area is 144 Å². The number of carbonyl (C=O) groups is 2. The Hall–Kier alpha value is -0.741. The van der Waals surface area contributed by atoms with Gasteiger partial charge in [-0.1, -0.05) is 25.7 Å². The van der Waals surface area contributed by atoms with Gasteiger partial charge in [-0.2, -0.15) is 0 Å². The molecule has 0 saturated heterocycles. The van der Waals surface area contributed by atoms with E-state index in [0.717, 1.165) is 38.5 Å². The molecule has 0 radical (unpaired) electrons. The first kappa shape index (κ1) is 21.3. The first-order valence-corrected chi connectivity index (χ1v) is 8.00. The van der Waals surface area contributed by atoms with E-state index in [4.69, 9.17) is 9.84 Å².